The van der Waals surface area contributed by atoms with Crippen molar-refractivity contribution in [3.63, 3.8) is 0 Å². The summed E-state index contributed by atoms with van der Waals surface area (Å²) in [6, 6.07) is 13.8. The van der Waals surface area contributed by atoms with E-state index in [0.717, 1.165) is 0 Å². The molecule has 2 aromatic carbocycles. The summed E-state index contributed by atoms with van der Waals surface area (Å²) < 4.78 is 4.60. The Labute approximate surface area is 161 Å². The number of urea groups is 1. The van der Waals surface area contributed by atoms with E-state index in [1.54, 1.807) is 31.2 Å². The minimum absolute atomic E-state index is 0.182. The fourth-order valence-corrected chi connectivity index (χ4v) is 3.08. The van der Waals surface area contributed by atoms with Crippen LogP contribution in [0.3, 0.4) is 0 Å². The molecule has 8 heteroatoms. The number of ether oxygens (including phenoxy) is 1. The Morgan fingerprint density at radius 2 is 1.64 bits per heavy atom. The number of nitrogens with one attached hydrogen (secondary N) is 2. The number of imide groups is 1. The van der Waals surface area contributed by atoms with Gasteiger partial charge in [0.2, 0.25) is 0 Å². The molecule has 0 saturated carbocycles. The number of hydrazine groups is 1. The van der Waals surface area contributed by atoms with Gasteiger partial charge in [0.1, 0.15) is 5.54 Å². The lowest BCUT2D eigenvalue weighted by molar-refractivity contribution is -0.133. The van der Waals surface area contributed by atoms with Gasteiger partial charge in [-0.25, -0.2) is 9.59 Å². The molecule has 1 atom stereocenters. The van der Waals surface area contributed by atoms with Gasteiger partial charge >= 0.3 is 12.0 Å². The number of hydrogen-bond donors (Lipinski definition) is 2. The van der Waals surface area contributed by atoms with Gasteiger partial charge in [-0.1, -0.05) is 37.3 Å². The summed E-state index contributed by atoms with van der Waals surface area (Å²) in [4.78, 5) is 49.3. The second-order valence-corrected chi connectivity index (χ2v) is 6.21. The van der Waals surface area contributed by atoms with Gasteiger partial charge < -0.3 is 10.1 Å². The van der Waals surface area contributed by atoms with Crippen molar-refractivity contribution >= 4 is 23.8 Å². The first-order valence-electron chi connectivity index (χ1n) is 8.64. The van der Waals surface area contributed by atoms with E-state index in [1.807, 2.05) is 6.07 Å². The van der Waals surface area contributed by atoms with Crippen molar-refractivity contribution in [1.82, 2.24) is 15.8 Å². The number of hydrogen-bond acceptors (Lipinski definition) is 5. The highest BCUT2D eigenvalue weighted by Gasteiger charge is 2.52. The van der Waals surface area contributed by atoms with E-state index in [0.29, 0.717) is 17.0 Å². The summed E-state index contributed by atoms with van der Waals surface area (Å²) in [5.74, 6) is -1.75. The summed E-state index contributed by atoms with van der Waals surface area (Å²) in [6.07, 6.45) is 0.321. The van der Waals surface area contributed by atoms with E-state index in [4.69, 9.17) is 0 Å². The molecule has 1 saturated heterocycles. The first-order chi connectivity index (χ1) is 13.4. The second kappa shape index (κ2) is 7.51. The zero-order valence-corrected chi connectivity index (χ0v) is 15.4. The summed E-state index contributed by atoms with van der Waals surface area (Å²) >= 11 is 0. The van der Waals surface area contributed by atoms with Gasteiger partial charge in [-0.15, -0.1) is 0 Å². The van der Waals surface area contributed by atoms with Crippen LogP contribution in [0.2, 0.25) is 0 Å². The van der Waals surface area contributed by atoms with Crippen LogP contribution in [0, 0.1) is 0 Å². The van der Waals surface area contributed by atoms with Gasteiger partial charge in [-0.2, -0.15) is 5.01 Å². The van der Waals surface area contributed by atoms with E-state index in [2.05, 4.69) is 15.5 Å². The zero-order valence-electron chi connectivity index (χ0n) is 15.4. The Morgan fingerprint density at radius 1 is 1.04 bits per heavy atom. The fourth-order valence-electron chi connectivity index (χ4n) is 3.08. The number of carbonyl (C=O) groups is 4. The van der Waals surface area contributed by atoms with Crippen molar-refractivity contribution in [2.75, 3.05) is 7.11 Å². The minimum atomic E-state index is -1.24. The van der Waals surface area contributed by atoms with Crippen LogP contribution in [0.1, 0.15) is 39.6 Å². The van der Waals surface area contributed by atoms with Gasteiger partial charge in [0, 0.05) is 5.56 Å². The molecule has 4 amide bonds. The first kappa shape index (κ1) is 19.1. The topological polar surface area (TPSA) is 105 Å². The van der Waals surface area contributed by atoms with E-state index in [9.17, 15) is 19.2 Å². The summed E-state index contributed by atoms with van der Waals surface area (Å²) in [6.45, 7) is 1.78. The van der Waals surface area contributed by atoms with Crippen molar-refractivity contribution in [3.8, 4) is 0 Å². The molecule has 1 aliphatic rings. The average molecular weight is 381 g/mol. The largest absolute Gasteiger partial charge is 0.465 e. The highest BCUT2D eigenvalue weighted by atomic mass is 16.5. The van der Waals surface area contributed by atoms with E-state index in [-0.39, 0.29) is 11.1 Å². The predicted molar refractivity (Wildman–Crippen MR) is 99.0 cm³/mol. The number of carbonyl (C=O) groups excluding carboxylic acids is 4. The van der Waals surface area contributed by atoms with Crippen LogP contribution in [-0.4, -0.2) is 35.9 Å². The van der Waals surface area contributed by atoms with Crippen molar-refractivity contribution < 1.29 is 23.9 Å². The van der Waals surface area contributed by atoms with Crippen LogP contribution in [-0.2, 0) is 15.1 Å². The van der Waals surface area contributed by atoms with Crippen LogP contribution in [0.4, 0.5) is 4.79 Å². The SMILES string of the molecule is CC[C@]1(c2ccccc2)NC(=O)N(NC(=O)c2ccc(C(=O)OC)cc2)C1=O. The molecule has 3 rings (SSSR count). The third-order valence-electron chi connectivity index (χ3n) is 4.67. The molecule has 0 aliphatic carbocycles. The van der Waals surface area contributed by atoms with Crippen molar-refractivity contribution in [2.24, 2.45) is 0 Å². The molecule has 28 heavy (non-hydrogen) atoms. The van der Waals surface area contributed by atoms with Crippen molar-refractivity contribution in [2.45, 2.75) is 18.9 Å². The highest BCUT2D eigenvalue weighted by Crippen LogP contribution is 2.31. The molecule has 1 heterocycles. The Balaban J connectivity index is 1.81. The predicted octanol–water partition coefficient (Wildman–Crippen LogP) is 1.98. The van der Waals surface area contributed by atoms with E-state index < -0.39 is 29.4 Å². The maximum absolute atomic E-state index is 13.0. The normalized spacial score (nSPS) is 18.6. The molecule has 144 valence electrons. The molecule has 2 N–H and O–H groups in total. The quantitative estimate of drug-likeness (QED) is 0.609. The molecule has 1 fully saturated rings. The Kier molecular flexibility index (Phi) is 5.12. The highest BCUT2D eigenvalue weighted by molar-refractivity contribution is 6.09. The third-order valence-corrected chi connectivity index (χ3v) is 4.67. The number of methoxy groups -OCH3 is 1. The van der Waals surface area contributed by atoms with Gasteiger partial charge in [0.05, 0.1) is 12.7 Å². The van der Waals surface area contributed by atoms with Crippen LogP contribution < -0.4 is 10.7 Å². The molecule has 0 radical (unpaired) electrons. The lowest BCUT2D eigenvalue weighted by Gasteiger charge is -2.25. The molecule has 0 unspecified atom stereocenters. The first-order valence-corrected chi connectivity index (χ1v) is 8.64. The van der Waals surface area contributed by atoms with Crippen molar-refractivity contribution in [1.29, 1.82) is 0 Å². The summed E-state index contributed by atoms with van der Waals surface area (Å²) in [5.41, 5.74) is 2.19. The zero-order chi connectivity index (χ0) is 20.3. The molecule has 0 spiro atoms. The molecule has 8 nitrogen and oxygen atoms in total. The molecule has 2 aromatic rings. The minimum Gasteiger partial charge on any atom is -0.465 e. The maximum Gasteiger partial charge on any atom is 0.344 e. The van der Waals surface area contributed by atoms with Crippen LogP contribution in [0.25, 0.3) is 0 Å². The molecular weight excluding hydrogens is 362 g/mol. The number of esters is 1. The van der Waals surface area contributed by atoms with Crippen LogP contribution in [0.15, 0.2) is 54.6 Å². The number of amides is 4. The lowest BCUT2D eigenvalue weighted by Crippen LogP contribution is -2.48. The van der Waals surface area contributed by atoms with Gasteiger partial charge in [-0.3, -0.25) is 15.0 Å². The maximum atomic E-state index is 13.0. The van der Waals surface area contributed by atoms with Gasteiger partial charge in [-0.05, 0) is 36.2 Å². The molecular formula is C20H19N3O5. The van der Waals surface area contributed by atoms with Gasteiger partial charge in [0.25, 0.3) is 11.8 Å². The van der Waals surface area contributed by atoms with Gasteiger partial charge in [0.15, 0.2) is 0 Å². The fraction of sp³-hybridized carbons (Fsp3) is 0.200. The number of rotatable bonds is 5. The number of nitrogens with zero attached hydrogens (tertiary/aromatic N) is 1. The Morgan fingerprint density at radius 3 is 2.21 bits per heavy atom. The lowest BCUT2D eigenvalue weighted by atomic mass is 9.87. The smallest absolute Gasteiger partial charge is 0.344 e. The summed E-state index contributed by atoms with van der Waals surface area (Å²) in [5, 5.41) is 3.37. The second-order valence-electron chi connectivity index (χ2n) is 6.21. The molecule has 0 aromatic heterocycles. The van der Waals surface area contributed by atoms with Crippen LogP contribution >= 0.6 is 0 Å². The monoisotopic (exact) mass is 381 g/mol. The average Bonchev–Trinajstić information content (AvgIpc) is 2.99. The van der Waals surface area contributed by atoms with E-state index in [1.165, 1.54) is 31.4 Å². The van der Waals surface area contributed by atoms with Crippen LogP contribution in [0.5, 0.6) is 0 Å². The summed E-state index contributed by atoms with van der Waals surface area (Å²) in [7, 11) is 1.26. The van der Waals surface area contributed by atoms with Crippen molar-refractivity contribution in [3.05, 3.63) is 71.3 Å². The Bertz CT molecular complexity index is 927. The third kappa shape index (κ3) is 3.20. The molecule has 1 aliphatic heterocycles. The standard InChI is InChI=1S/C20H19N3O5/c1-3-20(15-7-5-4-6-8-15)18(26)23(19(27)21-20)22-16(24)13-9-11-14(12-10-13)17(25)28-2/h4-12H,3H2,1-2H3,(H,21,27)(H,22,24)/t20-/m1/s1. The van der Waals surface area contributed by atoms with E-state index >= 15 is 0 Å². The number of benzene rings is 2. The Hall–Kier alpha value is -3.68. The molecule has 0 bridgehead atoms.